The third-order valence-electron chi connectivity index (χ3n) is 5.68. The number of furan rings is 1. The number of benzene rings is 2. The fourth-order valence-corrected chi connectivity index (χ4v) is 3.79. The van der Waals surface area contributed by atoms with Crippen LogP contribution in [0.15, 0.2) is 77.4 Å². The van der Waals surface area contributed by atoms with Crippen molar-refractivity contribution in [3.8, 4) is 0 Å². The first-order chi connectivity index (χ1) is 16.3. The Labute approximate surface area is 196 Å². The Morgan fingerprint density at radius 1 is 1.03 bits per heavy atom. The summed E-state index contributed by atoms with van der Waals surface area (Å²) in [7, 11) is 0. The molecule has 174 valence electrons. The van der Waals surface area contributed by atoms with E-state index in [1.54, 1.807) is 36.4 Å². The highest BCUT2D eigenvalue weighted by atomic mass is 16.3. The Bertz CT molecular complexity index is 1230. The van der Waals surface area contributed by atoms with Gasteiger partial charge in [-0.2, -0.15) is 0 Å². The Hall–Kier alpha value is -4.40. The van der Waals surface area contributed by atoms with Gasteiger partial charge in [-0.15, -0.1) is 0 Å². The predicted molar refractivity (Wildman–Crippen MR) is 124 cm³/mol. The minimum atomic E-state index is -1.40. The summed E-state index contributed by atoms with van der Waals surface area (Å²) in [6.07, 6.45) is 1.40. The molecule has 0 unspecified atom stereocenters. The smallest absolute Gasteiger partial charge is 0.325 e. The van der Waals surface area contributed by atoms with Gasteiger partial charge >= 0.3 is 6.03 Å². The van der Waals surface area contributed by atoms with Gasteiger partial charge in [0.25, 0.3) is 11.8 Å². The molecule has 4 rings (SSSR count). The SMILES string of the molecule is C[C@H](NC(=O)c1ccccc1NC(=O)CN1C(=O)N[C@](C)(c2ccco2)C1=O)c1ccccc1. The van der Waals surface area contributed by atoms with E-state index in [4.69, 9.17) is 4.42 Å². The van der Waals surface area contributed by atoms with Crippen LogP contribution in [0.2, 0.25) is 0 Å². The predicted octanol–water partition coefficient (Wildman–Crippen LogP) is 3.18. The topological polar surface area (TPSA) is 121 Å². The van der Waals surface area contributed by atoms with Crippen molar-refractivity contribution in [2.75, 3.05) is 11.9 Å². The van der Waals surface area contributed by atoms with Gasteiger partial charge in [-0.1, -0.05) is 42.5 Å². The molecule has 0 saturated carbocycles. The second-order valence-corrected chi connectivity index (χ2v) is 8.12. The van der Waals surface area contributed by atoms with Gasteiger partial charge in [-0.25, -0.2) is 4.79 Å². The lowest BCUT2D eigenvalue weighted by Crippen LogP contribution is -2.42. The van der Waals surface area contributed by atoms with Crippen LogP contribution in [0.5, 0.6) is 0 Å². The minimum absolute atomic E-state index is 0.248. The number of imide groups is 1. The highest BCUT2D eigenvalue weighted by molar-refractivity contribution is 6.11. The summed E-state index contributed by atoms with van der Waals surface area (Å²) in [6.45, 7) is 2.86. The Balaban J connectivity index is 1.44. The van der Waals surface area contributed by atoms with Crippen LogP contribution < -0.4 is 16.0 Å². The zero-order valence-corrected chi connectivity index (χ0v) is 18.7. The molecule has 1 aliphatic rings. The van der Waals surface area contributed by atoms with Crippen LogP contribution in [0.25, 0.3) is 0 Å². The van der Waals surface area contributed by atoms with Gasteiger partial charge in [0.1, 0.15) is 12.3 Å². The number of hydrogen-bond acceptors (Lipinski definition) is 5. The summed E-state index contributed by atoms with van der Waals surface area (Å²) >= 11 is 0. The van der Waals surface area contributed by atoms with Crippen LogP contribution in [0, 0.1) is 0 Å². The number of urea groups is 1. The van der Waals surface area contributed by atoms with Crippen LogP contribution in [-0.4, -0.2) is 35.2 Å². The zero-order valence-electron chi connectivity index (χ0n) is 18.7. The van der Waals surface area contributed by atoms with Gasteiger partial charge in [0, 0.05) is 0 Å². The molecule has 1 fully saturated rings. The lowest BCUT2D eigenvalue weighted by molar-refractivity contribution is -0.134. The molecule has 2 heterocycles. The van der Waals surface area contributed by atoms with Gasteiger partial charge < -0.3 is 20.4 Å². The van der Waals surface area contributed by atoms with Crippen LogP contribution in [-0.2, 0) is 15.1 Å². The third kappa shape index (κ3) is 4.40. The molecule has 0 spiro atoms. The molecule has 34 heavy (non-hydrogen) atoms. The van der Waals surface area contributed by atoms with Crippen LogP contribution >= 0.6 is 0 Å². The van der Waals surface area contributed by atoms with Crippen molar-refractivity contribution in [1.29, 1.82) is 0 Å². The van der Waals surface area contributed by atoms with Gasteiger partial charge in [0.05, 0.1) is 23.6 Å². The van der Waals surface area contributed by atoms with Crippen LogP contribution in [0.4, 0.5) is 10.5 Å². The summed E-state index contributed by atoms with van der Waals surface area (Å²) < 4.78 is 5.29. The molecule has 9 nitrogen and oxygen atoms in total. The summed E-state index contributed by atoms with van der Waals surface area (Å²) in [4.78, 5) is 51.8. The number of nitrogens with one attached hydrogen (secondary N) is 3. The summed E-state index contributed by atoms with van der Waals surface area (Å²) in [6, 6.07) is 18.2. The number of hydrogen-bond donors (Lipinski definition) is 3. The number of amides is 5. The number of para-hydroxylation sites is 1. The minimum Gasteiger partial charge on any atom is -0.466 e. The average Bonchev–Trinajstić information content (AvgIpc) is 3.44. The van der Waals surface area contributed by atoms with Gasteiger partial charge in [0.2, 0.25) is 5.91 Å². The van der Waals surface area contributed by atoms with Crippen LogP contribution in [0.3, 0.4) is 0 Å². The molecule has 0 aliphatic carbocycles. The molecule has 3 aromatic rings. The summed E-state index contributed by atoms with van der Waals surface area (Å²) in [5.74, 6) is -1.33. The Morgan fingerprint density at radius 3 is 2.44 bits per heavy atom. The number of carbonyl (C=O) groups excluding carboxylic acids is 4. The molecule has 1 aliphatic heterocycles. The highest BCUT2D eigenvalue weighted by Gasteiger charge is 2.51. The van der Waals surface area contributed by atoms with Gasteiger partial charge in [-0.3, -0.25) is 19.3 Å². The van der Waals surface area contributed by atoms with Crippen molar-refractivity contribution in [1.82, 2.24) is 15.5 Å². The first-order valence-electron chi connectivity index (χ1n) is 10.7. The molecule has 9 heteroatoms. The fourth-order valence-electron chi connectivity index (χ4n) is 3.79. The average molecular weight is 460 g/mol. The molecule has 1 saturated heterocycles. The lowest BCUT2D eigenvalue weighted by atomic mass is 9.99. The molecule has 2 atom stereocenters. The van der Waals surface area contributed by atoms with Gasteiger partial charge in [0.15, 0.2) is 5.54 Å². The Morgan fingerprint density at radius 2 is 1.74 bits per heavy atom. The molecule has 0 radical (unpaired) electrons. The monoisotopic (exact) mass is 460 g/mol. The molecule has 0 bridgehead atoms. The van der Waals surface area contributed by atoms with Crippen molar-refractivity contribution < 1.29 is 23.6 Å². The van der Waals surface area contributed by atoms with E-state index >= 15 is 0 Å². The summed E-state index contributed by atoms with van der Waals surface area (Å²) in [5.41, 5.74) is 0.0737. The normalized spacial score (nSPS) is 18.4. The maximum atomic E-state index is 12.9. The van der Waals surface area contributed by atoms with E-state index in [1.165, 1.54) is 13.2 Å². The lowest BCUT2D eigenvalue weighted by Gasteiger charge is -2.19. The van der Waals surface area contributed by atoms with E-state index in [-0.39, 0.29) is 29.0 Å². The first kappa shape index (κ1) is 22.8. The third-order valence-corrected chi connectivity index (χ3v) is 5.68. The van der Waals surface area contributed by atoms with E-state index < -0.39 is 29.9 Å². The maximum Gasteiger partial charge on any atom is 0.325 e. The van der Waals surface area contributed by atoms with Crippen molar-refractivity contribution in [2.45, 2.75) is 25.4 Å². The Kier molecular flexibility index (Phi) is 6.18. The second kappa shape index (κ2) is 9.22. The van der Waals surface area contributed by atoms with Crippen molar-refractivity contribution >= 4 is 29.4 Å². The number of rotatable bonds is 7. The maximum absolute atomic E-state index is 12.9. The summed E-state index contributed by atoms with van der Waals surface area (Å²) in [5, 5.41) is 8.12. The molecule has 3 N–H and O–H groups in total. The molecule has 5 amide bonds. The van der Waals surface area contributed by atoms with Crippen molar-refractivity contribution in [2.24, 2.45) is 0 Å². The number of nitrogens with zero attached hydrogens (tertiary/aromatic N) is 1. The first-order valence-corrected chi connectivity index (χ1v) is 10.7. The van der Waals surface area contributed by atoms with E-state index in [2.05, 4.69) is 16.0 Å². The molecule has 2 aromatic carbocycles. The fraction of sp³-hybridized carbons (Fsp3) is 0.200. The van der Waals surface area contributed by atoms with E-state index in [0.717, 1.165) is 10.5 Å². The molecular weight excluding hydrogens is 436 g/mol. The standard InChI is InChI=1S/C25H24N4O5/c1-16(17-9-4-3-5-10-17)26-22(31)18-11-6-7-12-19(18)27-21(30)15-29-23(32)25(2,28-24(29)33)20-13-8-14-34-20/h3-14,16H,15H2,1-2H3,(H,26,31)(H,27,30)(H,28,33)/t16-,25+/m0/s1. The number of anilines is 1. The van der Waals surface area contributed by atoms with Gasteiger partial charge in [-0.05, 0) is 43.7 Å². The second-order valence-electron chi connectivity index (χ2n) is 8.12. The van der Waals surface area contributed by atoms with E-state index in [9.17, 15) is 19.2 Å². The zero-order chi connectivity index (χ0) is 24.3. The van der Waals surface area contributed by atoms with E-state index in [1.807, 2.05) is 37.3 Å². The molecular formula is C25H24N4O5. The van der Waals surface area contributed by atoms with Crippen molar-refractivity contribution in [3.05, 3.63) is 89.9 Å². The molecule has 1 aromatic heterocycles. The van der Waals surface area contributed by atoms with E-state index in [0.29, 0.717) is 0 Å². The van der Waals surface area contributed by atoms with Crippen LogP contribution in [0.1, 0.15) is 41.6 Å². The quantitative estimate of drug-likeness (QED) is 0.468. The number of carbonyl (C=O) groups is 4. The largest absolute Gasteiger partial charge is 0.466 e. The van der Waals surface area contributed by atoms with Crippen molar-refractivity contribution in [3.63, 3.8) is 0 Å². The highest BCUT2D eigenvalue weighted by Crippen LogP contribution is 2.29.